The third-order valence-corrected chi connectivity index (χ3v) is 5.30. The molecule has 1 saturated heterocycles. The summed E-state index contributed by atoms with van der Waals surface area (Å²) in [5, 5.41) is 31.0. The van der Waals surface area contributed by atoms with Gasteiger partial charge in [0, 0.05) is 31.0 Å². The number of hydrogen-bond acceptors (Lipinski definition) is 7. The fourth-order valence-corrected chi connectivity index (χ4v) is 3.71. The number of nitriles is 1. The highest BCUT2D eigenvalue weighted by atomic mass is 16.6. The van der Waals surface area contributed by atoms with Crippen LogP contribution in [0.3, 0.4) is 0 Å². The minimum atomic E-state index is -0.983. The average Bonchev–Trinajstić information content (AvgIpc) is 3.25. The van der Waals surface area contributed by atoms with Gasteiger partial charge in [0.15, 0.2) is 0 Å². The lowest BCUT2D eigenvalue weighted by Gasteiger charge is -2.24. The molecule has 9 heteroatoms. The normalized spacial score (nSPS) is 16.7. The van der Waals surface area contributed by atoms with Crippen molar-refractivity contribution >= 4 is 17.9 Å². The second-order valence-electron chi connectivity index (χ2n) is 9.37. The molecule has 1 aliphatic heterocycles. The first-order valence-electron chi connectivity index (χ1n) is 11.3. The number of ether oxygens (including phenoxy) is 2. The molecule has 35 heavy (non-hydrogen) atoms. The molecule has 0 spiro atoms. The standard InChI is InChI=1S/C26H29N3O6/c1-26(2,3)35-25(31)28-12-11-23(17-28)34-22-9-10-24(29(32)33)20(15-22)14-21(30)8-7-18-5-4-6-19(13-18)16-27/h4-10,13,15,21,23,30H,11-12,14,17H2,1-3H3/b8-7+. The summed E-state index contributed by atoms with van der Waals surface area (Å²) < 4.78 is 11.4. The molecule has 2 unspecified atom stereocenters. The molecule has 9 nitrogen and oxygen atoms in total. The van der Waals surface area contributed by atoms with Crippen LogP contribution < -0.4 is 4.74 Å². The molecule has 0 aliphatic carbocycles. The molecular formula is C26H29N3O6. The molecule has 2 aromatic carbocycles. The minimum absolute atomic E-state index is 0.0106. The third kappa shape index (κ3) is 7.55. The Morgan fingerprint density at radius 3 is 2.80 bits per heavy atom. The van der Waals surface area contributed by atoms with Crippen LogP contribution in [0.2, 0.25) is 0 Å². The van der Waals surface area contributed by atoms with Crippen molar-refractivity contribution in [2.45, 2.75) is 51.4 Å². The maximum atomic E-state index is 12.3. The molecule has 0 saturated carbocycles. The zero-order chi connectivity index (χ0) is 25.6. The highest BCUT2D eigenvalue weighted by Crippen LogP contribution is 2.28. The second kappa shape index (κ2) is 11.0. The van der Waals surface area contributed by atoms with Gasteiger partial charge >= 0.3 is 6.09 Å². The van der Waals surface area contributed by atoms with E-state index >= 15 is 0 Å². The van der Waals surface area contributed by atoms with Gasteiger partial charge in [-0.1, -0.05) is 24.3 Å². The summed E-state index contributed by atoms with van der Waals surface area (Å²) in [6.45, 7) is 6.27. The van der Waals surface area contributed by atoms with E-state index < -0.39 is 22.7 Å². The van der Waals surface area contributed by atoms with Crippen molar-refractivity contribution in [1.82, 2.24) is 4.90 Å². The van der Waals surface area contributed by atoms with Crippen molar-refractivity contribution in [3.05, 3.63) is 75.3 Å². The maximum absolute atomic E-state index is 12.3. The van der Waals surface area contributed by atoms with Crippen molar-refractivity contribution in [3.8, 4) is 11.8 Å². The first kappa shape index (κ1) is 25.7. The Morgan fingerprint density at radius 2 is 2.11 bits per heavy atom. The van der Waals surface area contributed by atoms with Gasteiger partial charge in [0.2, 0.25) is 0 Å². The minimum Gasteiger partial charge on any atom is -0.488 e. The quantitative estimate of drug-likeness (QED) is 0.458. The van der Waals surface area contributed by atoms with Crippen LogP contribution in [0, 0.1) is 21.4 Å². The topological polar surface area (TPSA) is 126 Å². The van der Waals surface area contributed by atoms with Crippen LogP contribution in [0.4, 0.5) is 10.5 Å². The summed E-state index contributed by atoms with van der Waals surface area (Å²) in [7, 11) is 0. The van der Waals surface area contributed by atoms with Gasteiger partial charge in [-0.25, -0.2) is 4.79 Å². The molecule has 0 bridgehead atoms. The number of aliphatic hydroxyl groups is 1. The Kier molecular flexibility index (Phi) is 8.10. The Labute approximate surface area is 204 Å². The van der Waals surface area contributed by atoms with Crippen LogP contribution in [0.1, 0.15) is 43.9 Å². The lowest BCUT2D eigenvalue weighted by Crippen LogP contribution is -2.36. The fraction of sp³-hybridized carbons (Fsp3) is 0.385. The molecule has 0 aromatic heterocycles. The second-order valence-corrected chi connectivity index (χ2v) is 9.37. The molecule has 2 atom stereocenters. The Bertz CT molecular complexity index is 1150. The number of carbonyl (C=O) groups is 1. The predicted octanol–water partition coefficient (Wildman–Crippen LogP) is 4.47. The zero-order valence-corrected chi connectivity index (χ0v) is 20.0. The number of carbonyl (C=O) groups excluding carboxylic acids is 1. The molecule has 184 valence electrons. The summed E-state index contributed by atoms with van der Waals surface area (Å²) in [4.78, 5) is 24.9. The molecule has 1 aliphatic rings. The van der Waals surface area contributed by atoms with Crippen LogP contribution in [-0.2, 0) is 11.2 Å². The average molecular weight is 480 g/mol. The van der Waals surface area contributed by atoms with E-state index in [9.17, 15) is 20.0 Å². The van der Waals surface area contributed by atoms with E-state index in [1.54, 1.807) is 62.1 Å². The summed E-state index contributed by atoms with van der Waals surface area (Å²) in [6, 6.07) is 13.4. The number of rotatable bonds is 7. The summed E-state index contributed by atoms with van der Waals surface area (Å²) >= 11 is 0. The van der Waals surface area contributed by atoms with Crippen LogP contribution in [0.25, 0.3) is 6.08 Å². The van der Waals surface area contributed by atoms with E-state index in [4.69, 9.17) is 14.7 Å². The molecule has 1 fully saturated rings. The van der Waals surface area contributed by atoms with Gasteiger partial charge in [0.1, 0.15) is 17.5 Å². The van der Waals surface area contributed by atoms with Crippen molar-refractivity contribution in [2.75, 3.05) is 13.1 Å². The van der Waals surface area contributed by atoms with E-state index in [-0.39, 0.29) is 18.2 Å². The molecule has 1 heterocycles. The maximum Gasteiger partial charge on any atom is 0.410 e. The number of amides is 1. The van der Waals surface area contributed by atoms with Crippen molar-refractivity contribution < 1.29 is 24.3 Å². The van der Waals surface area contributed by atoms with E-state index in [1.807, 2.05) is 0 Å². The highest BCUT2D eigenvalue weighted by molar-refractivity contribution is 5.68. The number of nitro groups is 1. The van der Waals surface area contributed by atoms with Gasteiger partial charge in [-0.15, -0.1) is 0 Å². The molecule has 0 radical (unpaired) electrons. The lowest BCUT2D eigenvalue weighted by atomic mass is 10.0. The van der Waals surface area contributed by atoms with Crippen LogP contribution in [-0.4, -0.2) is 51.9 Å². The SMILES string of the molecule is CC(C)(C)OC(=O)N1CCC(Oc2ccc([N+](=O)[O-])c(CC(O)/C=C/c3cccc(C#N)c3)c2)C1. The Hall–Kier alpha value is -3.90. The Balaban J connectivity index is 1.67. The van der Waals surface area contributed by atoms with Gasteiger partial charge in [0.05, 0.1) is 29.2 Å². The molecular weight excluding hydrogens is 450 g/mol. The largest absolute Gasteiger partial charge is 0.488 e. The van der Waals surface area contributed by atoms with Gasteiger partial charge in [-0.3, -0.25) is 10.1 Å². The third-order valence-electron chi connectivity index (χ3n) is 5.30. The number of hydrogen-bond donors (Lipinski definition) is 1. The van der Waals surface area contributed by atoms with Crippen LogP contribution in [0.5, 0.6) is 5.75 Å². The number of benzene rings is 2. The van der Waals surface area contributed by atoms with Gasteiger partial charge < -0.3 is 19.5 Å². The van der Waals surface area contributed by atoms with Gasteiger partial charge in [-0.05, 0) is 50.6 Å². The number of aliphatic hydroxyl groups excluding tert-OH is 1. The van der Waals surface area contributed by atoms with Gasteiger partial charge in [0.25, 0.3) is 5.69 Å². The van der Waals surface area contributed by atoms with E-state index in [0.29, 0.717) is 36.4 Å². The summed E-state index contributed by atoms with van der Waals surface area (Å²) in [5.41, 5.74) is 0.872. The lowest BCUT2D eigenvalue weighted by molar-refractivity contribution is -0.385. The molecule has 2 aromatic rings. The molecule has 3 rings (SSSR count). The van der Waals surface area contributed by atoms with Crippen molar-refractivity contribution in [3.63, 3.8) is 0 Å². The van der Waals surface area contributed by atoms with Crippen LogP contribution in [0.15, 0.2) is 48.5 Å². The fourth-order valence-electron chi connectivity index (χ4n) is 3.71. The Morgan fingerprint density at radius 1 is 1.34 bits per heavy atom. The number of likely N-dealkylation sites (tertiary alicyclic amines) is 1. The molecule has 1 amide bonds. The van der Waals surface area contributed by atoms with Gasteiger partial charge in [-0.2, -0.15) is 5.26 Å². The zero-order valence-electron chi connectivity index (χ0n) is 20.0. The smallest absolute Gasteiger partial charge is 0.410 e. The number of nitrogens with zero attached hydrogens (tertiary/aromatic N) is 3. The van der Waals surface area contributed by atoms with Crippen molar-refractivity contribution in [1.29, 1.82) is 5.26 Å². The van der Waals surface area contributed by atoms with E-state index in [2.05, 4.69) is 6.07 Å². The number of nitro benzene ring substituents is 1. The molecule has 1 N–H and O–H groups in total. The summed E-state index contributed by atoms with van der Waals surface area (Å²) in [6.07, 6.45) is 2.17. The van der Waals surface area contributed by atoms with Crippen molar-refractivity contribution in [2.24, 2.45) is 0 Å². The van der Waals surface area contributed by atoms with Crippen LogP contribution >= 0.6 is 0 Å². The first-order valence-corrected chi connectivity index (χ1v) is 11.3. The predicted molar refractivity (Wildman–Crippen MR) is 130 cm³/mol. The monoisotopic (exact) mass is 479 g/mol. The van der Waals surface area contributed by atoms with E-state index in [1.165, 1.54) is 18.2 Å². The first-order chi connectivity index (χ1) is 16.5. The van der Waals surface area contributed by atoms with E-state index in [0.717, 1.165) is 5.56 Å². The summed E-state index contributed by atoms with van der Waals surface area (Å²) in [5.74, 6) is 0.430. The highest BCUT2D eigenvalue weighted by Gasteiger charge is 2.31.